The summed E-state index contributed by atoms with van der Waals surface area (Å²) in [6.07, 6.45) is 18.6. The number of anilines is 2. The summed E-state index contributed by atoms with van der Waals surface area (Å²) in [5, 5.41) is 4.75. The molecule has 3 fully saturated rings. The Morgan fingerprint density at radius 3 is 2.27 bits per heavy atom. The van der Waals surface area contributed by atoms with Crippen molar-refractivity contribution in [3.8, 4) is 0 Å². The summed E-state index contributed by atoms with van der Waals surface area (Å²) in [7, 11) is -0.842. The molecule has 2 aromatic heterocycles. The Morgan fingerprint density at radius 2 is 1.57 bits per heavy atom. The molecule has 1 aromatic carbocycles. The minimum atomic E-state index is -0.842. The second-order valence-corrected chi connectivity index (χ2v) is 12.8. The van der Waals surface area contributed by atoms with Gasteiger partial charge >= 0.3 is 0 Å². The third kappa shape index (κ3) is 5.46. The molecule has 0 amide bonds. The number of benzene rings is 1. The zero-order valence-electron chi connectivity index (χ0n) is 21.6. The molecule has 1 saturated heterocycles. The highest BCUT2D eigenvalue weighted by Gasteiger charge is 2.31. The van der Waals surface area contributed by atoms with Crippen molar-refractivity contribution >= 4 is 33.7 Å². The van der Waals surface area contributed by atoms with Gasteiger partial charge in [-0.3, -0.25) is 0 Å². The van der Waals surface area contributed by atoms with Crippen LogP contribution in [0.15, 0.2) is 36.7 Å². The molecule has 1 unspecified atom stereocenters. The minimum absolute atomic E-state index is 0.258. The molecule has 1 N–H and O–H groups in total. The van der Waals surface area contributed by atoms with Crippen molar-refractivity contribution in [2.24, 2.45) is 0 Å². The monoisotopic (exact) mass is 523 g/mol. The summed E-state index contributed by atoms with van der Waals surface area (Å²) in [5.74, 6) is 0.719. The van der Waals surface area contributed by atoms with Gasteiger partial charge in [0.1, 0.15) is 11.5 Å². The van der Waals surface area contributed by atoms with E-state index in [9.17, 15) is 8.60 Å². The average molecular weight is 524 g/mol. The van der Waals surface area contributed by atoms with Crippen LogP contribution >= 0.6 is 0 Å². The topological polar surface area (TPSA) is 63.1 Å². The molecular formula is C29H38FN5OS. The number of rotatable bonds is 6. The Balaban J connectivity index is 1.24. The van der Waals surface area contributed by atoms with E-state index in [2.05, 4.69) is 25.4 Å². The van der Waals surface area contributed by atoms with Crippen molar-refractivity contribution < 1.29 is 8.60 Å². The molecule has 198 valence electrons. The summed E-state index contributed by atoms with van der Waals surface area (Å²) in [6.45, 7) is 1.80. The van der Waals surface area contributed by atoms with Crippen molar-refractivity contribution in [1.82, 2.24) is 18.8 Å². The molecule has 2 saturated carbocycles. The molecule has 1 atom stereocenters. The second kappa shape index (κ2) is 11.2. The first-order valence-corrected chi connectivity index (χ1v) is 15.4. The van der Waals surface area contributed by atoms with E-state index >= 15 is 0 Å². The van der Waals surface area contributed by atoms with Gasteiger partial charge in [0.05, 0.1) is 11.0 Å². The molecule has 1 aliphatic heterocycles. The van der Waals surface area contributed by atoms with Gasteiger partial charge in [-0.05, 0) is 74.3 Å². The van der Waals surface area contributed by atoms with Crippen molar-refractivity contribution in [3.05, 3.63) is 48.0 Å². The predicted molar refractivity (Wildman–Crippen MR) is 148 cm³/mol. The smallest absolute Gasteiger partial charge is 0.229 e. The van der Waals surface area contributed by atoms with Gasteiger partial charge in [-0.1, -0.05) is 38.5 Å². The van der Waals surface area contributed by atoms with Crippen LogP contribution in [0.4, 0.5) is 16.0 Å². The second-order valence-electron chi connectivity index (χ2n) is 11.1. The number of nitrogens with zero attached hydrogens (tertiary/aromatic N) is 4. The fourth-order valence-corrected chi connectivity index (χ4v) is 8.29. The number of halogens is 1. The van der Waals surface area contributed by atoms with Crippen LogP contribution < -0.4 is 5.32 Å². The molecule has 2 aliphatic carbocycles. The van der Waals surface area contributed by atoms with E-state index in [1.165, 1.54) is 69.1 Å². The highest BCUT2D eigenvalue weighted by molar-refractivity contribution is 7.83. The largest absolute Gasteiger partial charge is 0.329 e. The van der Waals surface area contributed by atoms with Gasteiger partial charge in [0, 0.05) is 47.8 Å². The molecule has 6 rings (SSSR count). The van der Waals surface area contributed by atoms with Gasteiger partial charge in [-0.15, -0.1) is 0 Å². The lowest BCUT2D eigenvalue weighted by Crippen LogP contribution is -2.39. The van der Waals surface area contributed by atoms with Crippen LogP contribution in [0.2, 0.25) is 0 Å². The van der Waals surface area contributed by atoms with Crippen LogP contribution in [-0.2, 0) is 11.0 Å². The molecule has 0 bridgehead atoms. The maximum absolute atomic E-state index is 13.4. The summed E-state index contributed by atoms with van der Waals surface area (Å²) < 4.78 is 31.2. The standard InChI is InChI=1S/C29H38FN5OS/c30-22-11-13-23(14-12-22)32-29-31-19-26-27(20-35(28(26)33-29)24-7-3-1-4-8-24)21-15-17-34(18-16-21)37(36)25-9-5-2-6-10-25/h11-14,19-21,24-25H,1-10,15-18H2,(H,31,32,33). The fourth-order valence-electron chi connectivity index (χ4n) is 6.56. The summed E-state index contributed by atoms with van der Waals surface area (Å²) in [4.78, 5) is 9.63. The highest BCUT2D eigenvalue weighted by Crippen LogP contribution is 2.39. The number of fused-ring (bicyclic) bond motifs is 1. The average Bonchev–Trinajstić information content (AvgIpc) is 3.34. The zero-order chi connectivity index (χ0) is 25.2. The van der Waals surface area contributed by atoms with Crippen molar-refractivity contribution in [3.63, 3.8) is 0 Å². The Morgan fingerprint density at radius 1 is 0.892 bits per heavy atom. The molecule has 0 radical (unpaired) electrons. The van der Waals surface area contributed by atoms with E-state index in [1.54, 1.807) is 12.1 Å². The van der Waals surface area contributed by atoms with Gasteiger partial charge < -0.3 is 9.88 Å². The van der Waals surface area contributed by atoms with Crippen molar-refractivity contribution in [1.29, 1.82) is 0 Å². The summed E-state index contributed by atoms with van der Waals surface area (Å²) >= 11 is 0. The lowest BCUT2D eigenvalue weighted by atomic mass is 9.90. The van der Waals surface area contributed by atoms with Crippen LogP contribution in [0.3, 0.4) is 0 Å². The lowest BCUT2D eigenvalue weighted by Gasteiger charge is -2.34. The summed E-state index contributed by atoms with van der Waals surface area (Å²) in [6, 6.07) is 6.77. The first kappa shape index (κ1) is 25.0. The number of nitrogens with one attached hydrogen (secondary N) is 1. The van der Waals surface area contributed by atoms with E-state index in [1.807, 2.05) is 6.20 Å². The maximum atomic E-state index is 13.4. The first-order chi connectivity index (χ1) is 18.2. The Labute approximate surface area is 221 Å². The van der Waals surface area contributed by atoms with Gasteiger partial charge in [-0.25, -0.2) is 17.9 Å². The molecule has 0 spiro atoms. The molecule has 3 heterocycles. The molecule has 6 nitrogen and oxygen atoms in total. The Hall–Kier alpha value is -2.32. The molecule has 3 aliphatic rings. The maximum Gasteiger partial charge on any atom is 0.229 e. The zero-order valence-corrected chi connectivity index (χ0v) is 22.4. The fraction of sp³-hybridized carbons (Fsp3) is 0.586. The Kier molecular flexibility index (Phi) is 7.56. The van der Waals surface area contributed by atoms with Crippen LogP contribution in [0.5, 0.6) is 0 Å². The minimum Gasteiger partial charge on any atom is -0.329 e. The normalized spacial score (nSPS) is 21.9. The third-order valence-electron chi connectivity index (χ3n) is 8.66. The SMILES string of the molecule is O=S(C1CCCCC1)N1CCC(c2cn(C3CCCCC3)c3nc(Nc4ccc(F)cc4)ncc23)CC1. The first-order valence-electron chi connectivity index (χ1n) is 14.2. The van der Waals surface area contributed by atoms with Crippen molar-refractivity contribution in [2.45, 2.75) is 94.3 Å². The van der Waals surface area contributed by atoms with Crippen LogP contribution in [0, 0.1) is 5.82 Å². The highest BCUT2D eigenvalue weighted by atomic mass is 32.2. The van der Waals surface area contributed by atoms with E-state index < -0.39 is 11.0 Å². The van der Waals surface area contributed by atoms with E-state index in [0.29, 0.717) is 23.2 Å². The number of hydrogen-bond acceptors (Lipinski definition) is 4. The van der Waals surface area contributed by atoms with Gasteiger partial charge in [0.2, 0.25) is 5.95 Å². The van der Waals surface area contributed by atoms with E-state index in [0.717, 1.165) is 55.5 Å². The molecule has 3 aromatic rings. The van der Waals surface area contributed by atoms with Gasteiger partial charge in [0.15, 0.2) is 0 Å². The summed E-state index contributed by atoms with van der Waals surface area (Å²) in [5.41, 5.74) is 3.11. The van der Waals surface area contributed by atoms with Crippen LogP contribution in [0.1, 0.15) is 94.6 Å². The lowest BCUT2D eigenvalue weighted by molar-refractivity contribution is 0.327. The third-order valence-corrected chi connectivity index (χ3v) is 10.6. The van der Waals surface area contributed by atoms with E-state index in [4.69, 9.17) is 4.98 Å². The van der Waals surface area contributed by atoms with Crippen molar-refractivity contribution in [2.75, 3.05) is 18.4 Å². The number of hydrogen-bond donors (Lipinski definition) is 1. The van der Waals surface area contributed by atoms with Gasteiger partial charge in [-0.2, -0.15) is 4.98 Å². The Bertz CT molecular complexity index is 1230. The number of piperidine rings is 1. The van der Waals surface area contributed by atoms with Crippen LogP contribution in [-0.4, -0.2) is 41.4 Å². The molecule has 8 heteroatoms. The van der Waals surface area contributed by atoms with E-state index in [-0.39, 0.29) is 5.82 Å². The van der Waals surface area contributed by atoms with Crippen LogP contribution in [0.25, 0.3) is 11.0 Å². The van der Waals surface area contributed by atoms with Gasteiger partial charge in [0.25, 0.3) is 0 Å². The molecule has 37 heavy (non-hydrogen) atoms. The quantitative estimate of drug-likeness (QED) is 0.378. The predicted octanol–water partition coefficient (Wildman–Crippen LogP) is 7.00. The number of aromatic nitrogens is 3. The molecular weight excluding hydrogens is 485 g/mol.